The maximum absolute atomic E-state index is 10.9. The van der Waals surface area contributed by atoms with Gasteiger partial charge in [0.25, 0.3) is 5.69 Å². The Hall–Kier alpha value is -1.46. The Kier molecular flexibility index (Phi) is 4.87. The highest BCUT2D eigenvalue weighted by Gasteiger charge is 2.25. The second kappa shape index (κ2) is 6.63. The third-order valence-electron chi connectivity index (χ3n) is 3.78. The van der Waals surface area contributed by atoms with Crippen molar-refractivity contribution in [2.45, 2.75) is 38.4 Å². The van der Waals surface area contributed by atoms with Crippen molar-refractivity contribution in [2.75, 3.05) is 6.54 Å². The molecule has 1 aromatic carbocycles. The maximum Gasteiger partial charge on any atom is 0.274 e. The van der Waals surface area contributed by atoms with E-state index in [0.29, 0.717) is 18.0 Å². The SMILES string of the molecule is NCC1CCCCC1OCc1ccccc1[N+](=O)[O-]. The van der Waals surface area contributed by atoms with Crippen molar-refractivity contribution in [3.63, 3.8) is 0 Å². The summed E-state index contributed by atoms with van der Waals surface area (Å²) in [4.78, 5) is 10.6. The normalized spacial score (nSPS) is 23.2. The van der Waals surface area contributed by atoms with Gasteiger partial charge in [0.15, 0.2) is 0 Å². The monoisotopic (exact) mass is 264 g/mol. The Morgan fingerprint density at radius 1 is 1.32 bits per heavy atom. The van der Waals surface area contributed by atoms with Gasteiger partial charge in [0.05, 0.1) is 23.2 Å². The fraction of sp³-hybridized carbons (Fsp3) is 0.571. The number of hydrogen-bond donors (Lipinski definition) is 1. The molecule has 104 valence electrons. The summed E-state index contributed by atoms with van der Waals surface area (Å²) in [6.45, 7) is 0.917. The van der Waals surface area contributed by atoms with E-state index in [1.807, 2.05) is 0 Å². The Bertz CT molecular complexity index is 436. The van der Waals surface area contributed by atoms with Crippen molar-refractivity contribution >= 4 is 5.69 Å². The highest BCUT2D eigenvalue weighted by molar-refractivity contribution is 5.39. The van der Waals surface area contributed by atoms with E-state index in [1.54, 1.807) is 18.2 Å². The van der Waals surface area contributed by atoms with Crippen LogP contribution in [0.25, 0.3) is 0 Å². The molecule has 0 radical (unpaired) electrons. The molecule has 1 saturated carbocycles. The summed E-state index contributed by atoms with van der Waals surface area (Å²) < 4.78 is 5.88. The molecule has 0 heterocycles. The quantitative estimate of drug-likeness (QED) is 0.655. The Balaban J connectivity index is 2.00. The number of ether oxygens (including phenoxy) is 1. The summed E-state index contributed by atoms with van der Waals surface area (Å²) in [5, 5.41) is 10.9. The number of para-hydroxylation sites is 1. The van der Waals surface area contributed by atoms with E-state index in [9.17, 15) is 10.1 Å². The topological polar surface area (TPSA) is 78.4 Å². The van der Waals surface area contributed by atoms with Crippen LogP contribution in [-0.4, -0.2) is 17.6 Å². The van der Waals surface area contributed by atoms with Crippen LogP contribution in [0.5, 0.6) is 0 Å². The zero-order chi connectivity index (χ0) is 13.7. The minimum Gasteiger partial charge on any atom is -0.373 e. The molecule has 0 saturated heterocycles. The molecule has 19 heavy (non-hydrogen) atoms. The van der Waals surface area contributed by atoms with E-state index in [2.05, 4.69) is 0 Å². The van der Waals surface area contributed by atoms with Gasteiger partial charge in [-0.1, -0.05) is 25.0 Å². The lowest BCUT2D eigenvalue weighted by molar-refractivity contribution is -0.386. The van der Waals surface area contributed by atoms with Crippen molar-refractivity contribution in [3.05, 3.63) is 39.9 Å². The van der Waals surface area contributed by atoms with Crippen LogP contribution < -0.4 is 5.73 Å². The van der Waals surface area contributed by atoms with Gasteiger partial charge < -0.3 is 10.5 Å². The van der Waals surface area contributed by atoms with Crippen LogP contribution in [0.3, 0.4) is 0 Å². The summed E-state index contributed by atoms with van der Waals surface area (Å²) in [7, 11) is 0. The molecule has 0 bridgehead atoms. The van der Waals surface area contributed by atoms with Gasteiger partial charge in [-0.15, -0.1) is 0 Å². The van der Waals surface area contributed by atoms with Gasteiger partial charge in [-0.25, -0.2) is 0 Å². The molecular weight excluding hydrogens is 244 g/mol. The fourth-order valence-corrected chi connectivity index (χ4v) is 2.67. The summed E-state index contributed by atoms with van der Waals surface area (Å²) in [5.41, 5.74) is 6.51. The molecule has 0 aliphatic heterocycles. The van der Waals surface area contributed by atoms with Gasteiger partial charge in [0, 0.05) is 6.07 Å². The maximum atomic E-state index is 10.9. The lowest BCUT2D eigenvalue weighted by Crippen LogP contribution is -2.33. The predicted octanol–water partition coefficient (Wildman–Crippen LogP) is 2.63. The van der Waals surface area contributed by atoms with E-state index in [0.717, 1.165) is 19.3 Å². The second-order valence-electron chi connectivity index (χ2n) is 5.02. The molecule has 1 aliphatic rings. The molecule has 5 heteroatoms. The Labute approximate surface area is 112 Å². The summed E-state index contributed by atoms with van der Waals surface area (Å²) >= 11 is 0. The standard InChI is InChI=1S/C14H20N2O3/c15-9-11-5-2-4-8-14(11)19-10-12-6-1-3-7-13(12)16(17)18/h1,3,6-7,11,14H,2,4-5,8-10,15H2. The number of benzene rings is 1. The average molecular weight is 264 g/mol. The number of nitro groups is 1. The highest BCUT2D eigenvalue weighted by Crippen LogP contribution is 2.28. The van der Waals surface area contributed by atoms with E-state index >= 15 is 0 Å². The van der Waals surface area contributed by atoms with Crippen LogP contribution in [0.2, 0.25) is 0 Å². The molecule has 5 nitrogen and oxygen atoms in total. The van der Waals surface area contributed by atoms with E-state index in [4.69, 9.17) is 10.5 Å². The summed E-state index contributed by atoms with van der Waals surface area (Å²) in [6.07, 6.45) is 4.59. The molecule has 2 rings (SSSR count). The van der Waals surface area contributed by atoms with Crippen LogP contribution in [0.15, 0.2) is 24.3 Å². The zero-order valence-electron chi connectivity index (χ0n) is 11.0. The number of nitro benzene ring substituents is 1. The van der Waals surface area contributed by atoms with Gasteiger partial charge in [0.2, 0.25) is 0 Å². The zero-order valence-corrected chi connectivity index (χ0v) is 11.0. The molecule has 1 aliphatic carbocycles. The fourth-order valence-electron chi connectivity index (χ4n) is 2.67. The van der Waals surface area contributed by atoms with E-state index in [-0.39, 0.29) is 23.3 Å². The first-order valence-electron chi connectivity index (χ1n) is 6.76. The van der Waals surface area contributed by atoms with Gasteiger partial charge in [-0.05, 0) is 31.4 Å². The first-order chi connectivity index (χ1) is 9.22. The molecule has 2 atom stereocenters. The number of nitrogens with zero attached hydrogens (tertiary/aromatic N) is 1. The molecule has 0 amide bonds. The molecular formula is C14H20N2O3. The van der Waals surface area contributed by atoms with E-state index in [1.165, 1.54) is 12.5 Å². The van der Waals surface area contributed by atoms with Crippen molar-refractivity contribution in [2.24, 2.45) is 11.7 Å². The summed E-state index contributed by atoms with van der Waals surface area (Å²) in [6, 6.07) is 6.73. The van der Waals surface area contributed by atoms with Gasteiger partial charge in [-0.2, -0.15) is 0 Å². The minimum absolute atomic E-state index is 0.127. The first-order valence-corrected chi connectivity index (χ1v) is 6.76. The smallest absolute Gasteiger partial charge is 0.274 e. The van der Waals surface area contributed by atoms with Gasteiger partial charge in [-0.3, -0.25) is 10.1 Å². The van der Waals surface area contributed by atoms with Crippen molar-refractivity contribution in [1.82, 2.24) is 0 Å². The van der Waals surface area contributed by atoms with Crippen molar-refractivity contribution < 1.29 is 9.66 Å². The van der Waals surface area contributed by atoms with Crippen LogP contribution in [0.1, 0.15) is 31.2 Å². The molecule has 2 N–H and O–H groups in total. The molecule has 1 fully saturated rings. The Morgan fingerprint density at radius 2 is 2.05 bits per heavy atom. The molecule has 0 spiro atoms. The third-order valence-corrected chi connectivity index (χ3v) is 3.78. The largest absolute Gasteiger partial charge is 0.373 e. The summed E-state index contributed by atoms with van der Waals surface area (Å²) in [5.74, 6) is 0.386. The number of nitrogens with two attached hydrogens (primary N) is 1. The molecule has 0 aromatic heterocycles. The lowest BCUT2D eigenvalue weighted by Gasteiger charge is -2.30. The van der Waals surface area contributed by atoms with Crippen LogP contribution in [0, 0.1) is 16.0 Å². The van der Waals surface area contributed by atoms with Crippen LogP contribution in [0.4, 0.5) is 5.69 Å². The minimum atomic E-state index is -0.361. The second-order valence-corrected chi connectivity index (χ2v) is 5.02. The van der Waals surface area contributed by atoms with Crippen molar-refractivity contribution in [3.8, 4) is 0 Å². The van der Waals surface area contributed by atoms with E-state index < -0.39 is 0 Å². The molecule has 2 unspecified atom stereocenters. The van der Waals surface area contributed by atoms with Crippen LogP contribution in [-0.2, 0) is 11.3 Å². The van der Waals surface area contributed by atoms with Crippen LogP contribution >= 0.6 is 0 Å². The lowest BCUT2D eigenvalue weighted by atomic mass is 9.86. The average Bonchev–Trinajstić information content (AvgIpc) is 2.45. The Morgan fingerprint density at radius 3 is 2.79 bits per heavy atom. The first kappa shape index (κ1) is 14.0. The highest BCUT2D eigenvalue weighted by atomic mass is 16.6. The van der Waals surface area contributed by atoms with Gasteiger partial charge >= 0.3 is 0 Å². The number of hydrogen-bond acceptors (Lipinski definition) is 4. The van der Waals surface area contributed by atoms with Crippen molar-refractivity contribution in [1.29, 1.82) is 0 Å². The predicted molar refractivity (Wildman–Crippen MR) is 72.7 cm³/mol. The third kappa shape index (κ3) is 3.52. The van der Waals surface area contributed by atoms with Gasteiger partial charge in [0.1, 0.15) is 0 Å². The molecule has 1 aromatic rings. The number of rotatable bonds is 5.